The number of nitrogens with zero attached hydrogens (tertiary/aromatic N) is 3. The Morgan fingerprint density at radius 3 is 2.69 bits per heavy atom. The van der Waals surface area contributed by atoms with Gasteiger partial charge in [0.05, 0.1) is 0 Å². The van der Waals surface area contributed by atoms with E-state index in [4.69, 9.17) is 11.6 Å². The van der Waals surface area contributed by atoms with Crippen LogP contribution in [0, 0.1) is 0 Å². The number of halogens is 1. The van der Waals surface area contributed by atoms with Gasteiger partial charge in [0.2, 0.25) is 0 Å². The van der Waals surface area contributed by atoms with Crippen LogP contribution in [0.25, 0.3) is 5.65 Å². The molecule has 0 amide bonds. The zero-order valence-electron chi connectivity index (χ0n) is 9.36. The minimum atomic E-state index is -0.0909. The van der Waals surface area contributed by atoms with Crippen LogP contribution in [0.2, 0.25) is 5.15 Å². The standard InChI is InChI=1S/C11H12ClN3O/c1-7(16)10-11(12)13-8-5-4-6-9(14(2)3)15(8)10/h4-6H,1-3H3. The summed E-state index contributed by atoms with van der Waals surface area (Å²) in [5.74, 6) is 0.786. The molecule has 84 valence electrons. The number of hydrogen-bond acceptors (Lipinski definition) is 3. The predicted octanol–water partition coefficient (Wildman–Crippen LogP) is 2.26. The minimum Gasteiger partial charge on any atom is -0.364 e. The molecule has 0 aliphatic rings. The number of Topliss-reactive ketones (excluding diaryl/α,β-unsaturated/α-hetero) is 1. The molecule has 2 aromatic rings. The van der Waals surface area contributed by atoms with Crippen LogP contribution in [-0.4, -0.2) is 29.3 Å². The lowest BCUT2D eigenvalue weighted by Gasteiger charge is -2.15. The highest BCUT2D eigenvalue weighted by atomic mass is 35.5. The number of pyridine rings is 1. The Labute approximate surface area is 98.5 Å². The van der Waals surface area contributed by atoms with Gasteiger partial charge in [-0.05, 0) is 12.1 Å². The first-order valence-electron chi connectivity index (χ1n) is 4.87. The molecule has 0 saturated heterocycles. The third-order valence-corrected chi connectivity index (χ3v) is 2.64. The van der Waals surface area contributed by atoms with Crippen molar-refractivity contribution in [1.82, 2.24) is 9.38 Å². The highest BCUT2D eigenvalue weighted by Gasteiger charge is 2.17. The number of ketones is 1. The van der Waals surface area contributed by atoms with Gasteiger partial charge in [-0.25, -0.2) is 4.98 Å². The fraction of sp³-hybridized carbons (Fsp3) is 0.273. The number of carbonyl (C=O) groups is 1. The van der Waals surface area contributed by atoms with Crippen LogP contribution in [0.15, 0.2) is 18.2 Å². The molecule has 2 rings (SSSR count). The van der Waals surface area contributed by atoms with Crippen LogP contribution in [0.4, 0.5) is 5.82 Å². The van der Waals surface area contributed by atoms with E-state index in [0.29, 0.717) is 11.3 Å². The fourth-order valence-electron chi connectivity index (χ4n) is 1.70. The van der Waals surface area contributed by atoms with Gasteiger partial charge in [0.25, 0.3) is 0 Å². The van der Waals surface area contributed by atoms with Gasteiger partial charge in [0.15, 0.2) is 10.9 Å². The molecule has 0 spiro atoms. The van der Waals surface area contributed by atoms with Gasteiger partial charge < -0.3 is 4.90 Å². The van der Waals surface area contributed by atoms with Crippen LogP contribution in [0.5, 0.6) is 0 Å². The summed E-state index contributed by atoms with van der Waals surface area (Å²) in [4.78, 5) is 17.6. The van der Waals surface area contributed by atoms with Crippen molar-refractivity contribution in [2.45, 2.75) is 6.92 Å². The maximum absolute atomic E-state index is 11.6. The monoisotopic (exact) mass is 237 g/mol. The third-order valence-electron chi connectivity index (χ3n) is 2.37. The molecule has 0 atom stereocenters. The molecule has 0 N–H and O–H groups in total. The Hall–Kier alpha value is -1.55. The highest BCUT2D eigenvalue weighted by molar-refractivity contribution is 6.32. The van der Waals surface area contributed by atoms with Gasteiger partial charge in [0, 0.05) is 21.0 Å². The van der Waals surface area contributed by atoms with Gasteiger partial charge >= 0.3 is 0 Å². The number of fused-ring (bicyclic) bond motifs is 1. The summed E-state index contributed by atoms with van der Waals surface area (Å²) in [6.45, 7) is 1.49. The molecular formula is C11H12ClN3O. The van der Waals surface area contributed by atoms with Crippen LogP contribution in [0.3, 0.4) is 0 Å². The zero-order valence-corrected chi connectivity index (χ0v) is 10.1. The number of hydrogen-bond donors (Lipinski definition) is 0. The van der Waals surface area contributed by atoms with Gasteiger partial charge in [-0.2, -0.15) is 0 Å². The zero-order chi connectivity index (χ0) is 11.9. The third kappa shape index (κ3) is 1.55. The van der Waals surface area contributed by atoms with Crippen molar-refractivity contribution in [1.29, 1.82) is 0 Å². The number of rotatable bonds is 2. The van der Waals surface area contributed by atoms with Crippen molar-refractivity contribution in [3.05, 3.63) is 29.0 Å². The van der Waals surface area contributed by atoms with Crippen LogP contribution < -0.4 is 4.90 Å². The van der Waals surface area contributed by atoms with Gasteiger partial charge in [0.1, 0.15) is 17.2 Å². The van der Waals surface area contributed by atoms with E-state index in [-0.39, 0.29) is 10.9 Å². The summed E-state index contributed by atoms with van der Waals surface area (Å²) in [6, 6.07) is 5.63. The van der Waals surface area contributed by atoms with E-state index in [2.05, 4.69) is 4.98 Å². The second-order valence-corrected chi connectivity index (χ2v) is 4.14. The Morgan fingerprint density at radius 2 is 2.12 bits per heavy atom. The van der Waals surface area contributed by atoms with Crippen LogP contribution >= 0.6 is 11.6 Å². The molecule has 0 radical (unpaired) electrons. The molecule has 0 saturated carbocycles. The molecule has 16 heavy (non-hydrogen) atoms. The molecule has 0 fully saturated rings. The SMILES string of the molecule is CC(=O)c1c(Cl)nc2cccc(N(C)C)n12. The van der Waals surface area contributed by atoms with Crippen molar-refractivity contribution in [2.24, 2.45) is 0 Å². The van der Waals surface area contributed by atoms with Crippen molar-refractivity contribution < 1.29 is 4.79 Å². The summed E-state index contributed by atoms with van der Waals surface area (Å²) in [6.07, 6.45) is 0. The Balaban J connectivity index is 2.88. The van der Waals surface area contributed by atoms with Gasteiger partial charge in [-0.15, -0.1) is 0 Å². The molecule has 0 bridgehead atoms. The predicted molar refractivity (Wildman–Crippen MR) is 64.5 cm³/mol. The molecule has 2 aromatic heterocycles. The first-order chi connectivity index (χ1) is 7.52. The second-order valence-electron chi connectivity index (χ2n) is 3.78. The molecule has 0 aliphatic carbocycles. The smallest absolute Gasteiger partial charge is 0.179 e. The van der Waals surface area contributed by atoms with Crippen molar-refractivity contribution in [3.63, 3.8) is 0 Å². The summed E-state index contributed by atoms with van der Waals surface area (Å²) in [7, 11) is 3.82. The molecule has 0 aromatic carbocycles. The Bertz CT molecular complexity index is 560. The van der Waals surface area contributed by atoms with Crippen LogP contribution in [-0.2, 0) is 0 Å². The lowest BCUT2D eigenvalue weighted by molar-refractivity contribution is 0.101. The first-order valence-corrected chi connectivity index (χ1v) is 5.25. The van der Waals surface area contributed by atoms with Gasteiger partial charge in [-0.3, -0.25) is 9.20 Å². The molecular weight excluding hydrogens is 226 g/mol. The average molecular weight is 238 g/mol. The number of imidazole rings is 1. The van der Waals surface area contributed by atoms with Crippen molar-refractivity contribution >= 4 is 28.8 Å². The molecule has 0 aliphatic heterocycles. The van der Waals surface area contributed by atoms with E-state index in [1.54, 1.807) is 4.40 Å². The molecule has 5 heteroatoms. The van der Waals surface area contributed by atoms with E-state index in [1.807, 2.05) is 37.2 Å². The topological polar surface area (TPSA) is 37.6 Å². The van der Waals surface area contributed by atoms with E-state index >= 15 is 0 Å². The quantitative estimate of drug-likeness (QED) is 0.752. The lowest BCUT2D eigenvalue weighted by Crippen LogP contribution is -2.14. The van der Waals surface area contributed by atoms with Crippen molar-refractivity contribution in [3.8, 4) is 0 Å². The normalized spacial score (nSPS) is 10.8. The average Bonchev–Trinajstić information content (AvgIpc) is 2.52. The lowest BCUT2D eigenvalue weighted by atomic mass is 10.3. The Morgan fingerprint density at radius 1 is 1.44 bits per heavy atom. The largest absolute Gasteiger partial charge is 0.364 e. The summed E-state index contributed by atoms with van der Waals surface area (Å²) < 4.78 is 1.77. The number of carbonyl (C=O) groups excluding carboxylic acids is 1. The highest BCUT2D eigenvalue weighted by Crippen LogP contribution is 2.23. The first kappa shape index (κ1) is 11.0. The summed E-state index contributed by atoms with van der Waals surface area (Å²) >= 11 is 5.97. The van der Waals surface area contributed by atoms with Gasteiger partial charge in [-0.1, -0.05) is 17.7 Å². The molecule has 4 nitrogen and oxygen atoms in total. The van der Waals surface area contributed by atoms with E-state index < -0.39 is 0 Å². The maximum atomic E-state index is 11.6. The molecule has 0 unspecified atom stereocenters. The minimum absolute atomic E-state index is 0.0909. The summed E-state index contributed by atoms with van der Waals surface area (Å²) in [5.41, 5.74) is 1.11. The number of aromatic nitrogens is 2. The fourth-order valence-corrected chi connectivity index (χ4v) is 2.00. The van der Waals surface area contributed by atoms with Crippen molar-refractivity contribution in [2.75, 3.05) is 19.0 Å². The van der Waals surface area contributed by atoms with E-state index in [0.717, 1.165) is 5.82 Å². The number of anilines is 1. The molecule has 2 heterocycles. The van der Waals surface area contributed by atoms with Crippen LogP contribution in [0.1, 0.15) is 17.4 Å². The Kier molecular flexibility index (Phi) is 2.59. The second kappa shape index (κ2) is 3.79. The van der Waals surface area contributed by atoms with E-state index in [9.17, 15) is 4.79 Å². The van der Waals surface area contributed by atoms with E-state index in [1.165, 1.54) is 6.92 Å². The maximum Gasteiger partial charge on any atom is 0.179 e. The summed E-state index contributed by atoms with van der Waals surface area (Å²) in [5, 5.41) is 0.252.